The van der Waals surface area contributed by atoms with Gasteiger partial charge < -0.3 is 9.63 Å². The van der Waals surface area contributed by atoms with Crippen molar-refractivity contribution in [1.29, 1.82) is 0 Å². The van der Waals surface area contributed by atoms with Crippen LogP contribution in [0.2, 0.25) is 0 Å². The number of hydrogen-bond acceptors (Lipinski definition) is 4. The zero-order valence-electron chi connectivity index (χ0n) is 8.27. The highest BCUT2D eigenvalue weighted by Crippen LogP contribution is 2.32. The van der Waals surface area contributed by atoms with Gasteiger partial charge in [-0.3, -0.25) is 4.90 Å². The fourth-order valence-corrected chi connectivity index (χ4v) is 2.15. The molecule has 0 saturated heterocycles. The van der Waals surface area contributed by atoms with Crippen LogP contribution in [0, 0.1) is 0 Å². The number of fused-ring (bicyclic) bond motifs is 1. The van der Waals surface area contributed by atoms with Crippen molar-refractivity contribution < 1.29 is 14.4 Å². The van der Waals surface area contributed by atoms with E-state index in [1.807, 2.05) is 0 Å². The van der Waals surface area contributed by atoms with Crippen LogP contribution in [0.4, 0.5) is 0 Å². The van der Waals surface area contributed by atoms with Gasteiger partial charge in [-0.05, 0) is 12.8 Å². The van der Waals surface area contributed by atoms with E-state index >= 15 is 0 Å². The number of carboxylic acids is 1. The summed E-state index contributed by atoms with van der Waals surface area (Å²) in [5.41, 5.74) is 0.871. The predicted octanol–water partition coefficient (Wildman–Crippen LogP) is 0.893. The lowest BCUT2D eigenvalue weighted by atomic mass is 10.1. The minimum absolute atomic E-state index is 0.0929. The van der Waals surface area contributed by atoms with Crippen LogP contribution in [0.1, 0.15) is 34.7 Å². The Morgan fingerprint density at radius 3 is 3.00 bits per heavy atom. The summed E-state index contributed by atoms with van der Waals surface area (Å²) >= 11 is 0. The van der Waals surface area contributed by atoms with Crippen molar-refractivity contribution in [2.45, 2.75) is 31.8 Å². The maximum atomic E-state index is 10.9. The molecule has 3 rings (SSSR count). The zero-order chi connectivity index (χ0) is 10.4. The second-order valence-electron chi connectivity index (χ2n) is 4.19. The van der Waals surface area contributed by atoms with Crippen molar-refractivity contribution in [2.24, 2.45) is 0 Å². The summed E-state index contributed by atoms with van der Waals surface area (Å²) in [6, 6.07) is 0.662. The van der Waals surface area contributed by atoms with Gasteiger partial charge in [-0.1, -0.05) is 5.16 Å². The van der Waals surface area contributed by atoms with Crippen LogP contribution in [0.5, 0.6) is 0 Å². The molecule has 1 aliphatic heterocycles. The summed E-state index contributed by atoms with van der Waals surface area (Å²) in [5.74, 6) is -0.234. The second-order valence-corrected chi connectivity index (χ2v) is 4.19. The van der Waals surface area contributed by atoms with Crippen LogP contribution in [-0.4, -0.2) is 33.7 Å². The number of hydrogen-bond donors (Lipinski definition) is 1. The van der Waals surface area contributed by atoms with Gasteiger partial charge in [0.15, 0.2) is 5.69 Å². The van der Waals surface area contributed by atoms with Crippen LogP contribution < -0.4 is 0 Å². The molecule has 2 heterocycles. The number of carbonyl (C=O) groups is 1. The van der Waals surface area contributed by atoms with Crippen LogP contribution in [0.15, 0.2) is 4.52 Å². The molecule has 1 saturated carbocycles. The Balaban J connectivity index is 1.91. The normalized spacial score (nSPS) is 21.3. The molecule has 0 spiro atoms. The van der Waals surface area contributed by atoms with Crippen molar-refractivity contribution >= 4 is 5.97 Å². The van der Waals surface area contributed by atoms with Gasteiger partial charge in [0.05, 0.1) is 0 Å². The van der Waals surface area contributed by atoms with Crippen molar-refractivity contribution in [1.82, 2.24) is 10.1 Å². The molecular weight excluding hydrogens is 196 g/mol. The molecular formula is C10H12N2O3. The third-order valence-corrected chi connectivity index (χ3v) is 3.12. The highest BCUT2D eigenvalue weighted by Gasteiger charge is 2.34. The minimum Gasteiger partial charge on any atom is -0.476 e. The van der Waals surface area contributed by atoms with Gasteiger partial charge in [0.25, 0.3) is 0 Å². The maximum absolute atomic E-state index is 10.9. The first-order chi connectivity index (χ1) is 7.25. The van der Waals surface area contributed by atoms with Crippen LogP contribution >= 0.6 is 0 Å². The van der Waals surface area contributed by atoms with Gasteiger partial charge >= 0.3 is 5.97 Å². The Kier molecular flexibility index (Phi) is 1.82. The van der Waals surface area contributed by atoms with Crippen molar-refractivity contribution in [3.63, 3.8) is 0 Å². The minimum atomic E-state index is -0.988. The lowest BCUT2D eigenvalue weighted by molar-refractivity contribution is 0.0683. The third-order valence-electron chi connectivity index (χ3n) is 3.12. The highest BCUT2D eigenvalue weighted by atomic mass is 16.5. The van der Waals surface area contributed by atoms with E-state index in [1.54, 1.807) is 0 Å². The predicted molar refractivity (Wildman–Crippen MR) is 50.6 cm³/mol. The monoisotopic (exact) mass is 208 g/mol. The molecule has 5 nitrogen and oxygen atoms in total. The van der Waals surface area contributed by atoms with E-state index in [2.05, 4.69) is 10.1 Å². The van der Waals surface area contributed by atoms with Gasteiger partial charge in [0, 0.05) is 31.1 Å². The lowest BCUT2D eigenvalue weighted by Gasteiger charge is -2.25. The Morgan fingerprint density at radius 2 is 2.33 bits per heavy atom. The first-order valence-electron chi connectivity index (χ1n) is 5.20. The van der Waals surface area contributed by atoms with E-state index in [4.69, 9.17) is 9.63 Å². The van der Waals surface area contributed by atoms with Gasteiger partial charge in [-0.2, -0.15) is 0 Å². The van der Waals surface area contributed by atoms with Gasteiger partial charge in [-0.15, -0.1) is 0 Å². The molecule has 0 bridgehead atoms. The van der Waals surface area contributed by atoms with E-state index in [0.29, 0.717) is 12.6 Å². The summed E-state index contributed by atoms with van der Waals surface area (Å²) < 4.78 is 5.04. The van der Waals surface area contributed by atoms with E-state index in [9.17, 15) is 4.79 Å². The SMILES string of the molecule is O=C(O)c1noc2c1CN(C1CC1)CC2. The molecule has 1 aromatic heterocycles. The van der Waals surface area contributed by atoms with E-state index in [1.165, 1.54) is 12.8 Å². The topological polar surface area (TPSA) is 66.6 Å². The first-order valence-corrected chi connectivity index (χ1v) is 5.20. The summed E-state index contributed by atoms with van der Waals surface area (Å²) in [7, 11) is 0. The highest BCUT2D eigenvalue weighted by molar-refractivity contribution is 5.87. The summed E-state index contributed by atoms with van der Waals surface area (Å²) in [6.45, 7) is 1.65. The second kappa shape index (κ2) is 3.06. The molecule has 1 fully saturated rings. The average Bonchev–Trinajstić information content (AvgIpc) is 2.97. The van der Waals surface area contributed by atoms with E-state index in [0.717, 1.165) is 24.3 Å². The molecule has 1 aliphatic carbocycles. The number of aromatic nitrogens is 1. The third kappa shape index (κ3) is 1.43. The van der Waals surface area contributed by atoms with Gasteiger partial charge in [0.2, 0.25) is 0 Å². The zero-order valence-corrected chi connectivity index (χ0v) is 8.27. The van der Waals surface area contributed by atoms with Crippen molar-refractivity contribution in [3.05, 3.63) is 17.0 Å². The van der Waals surface area contributed by atoms with Crippen molar-refractivity contribution in [3.8, 4) is 0 Å². The average molecular weight is 208 g/mol. The molecule has 1 N–H and O–H groups in total. The number of nitrogens with zero attached hydrogens (tertiary/aromatic N) is 2. The fraction of sp³-hybridized carbons (Fsp3) is 0.600. The molecule has 1 aromatic rings. The molecule has 15 heavy (non-hydrogen) atoms. The summed E-state index contributed by atoms with van der Waals surface area (Å²) in [6.07, 6.45) is 3.26. The lowest BCUT2D eigenvalue weighted by Crippen LogP contribution is -2.32. The van der Waals surface area contributed by atoms with Crippen LogP contribution in [-0.2, 0) is 13.0 Å². The standard InChI is InChI=1S/C10H12N2O3/c13-10(14)9-7-5-12(6-1-2-6)4-3-8(7)15-11-9/h6H,1-5H2,(H,13,14). The Labute approximate surface area is 86.7 Å². The Bertz CT molecular complexity index is 409. The van der Waals surface area contributed by atoms with Crippen molar-refractivity contribution in [2.75, 3.05) is 6.54 Å². The fourth-order valence-electron chi connectivity index (χ4n) is 2.15. The molecule has 0 atom stereocenters. The molecule has 2 aliphatic rings. The number of aromatic carboxylic acids is 1. The Morgan fingerprint density at radius 1 is 1.53 bits per heavy atom. The molecule has 0 radical (unpaired) electrons. The quantitative estimate of drug-likeness (QED) is 0.781. The molecule has 80 valence electrons. The van der Waals surface area contributed by atoms with Crippen LogP contribution in [0.3, 0.4) is 0 Å². The summed E-state index contributed by atoms with van der Waals surface area (Å²) in [5, 5.41) is 12.5. The molecule has 0 unspecified atom stereocenters. The van der Waals surface area contributed by atoms with E-state index in [-0.39, 0.29) is 5.69 Å². The Hall–Kier alpha value is -1.36. The number of carboxylic acid groups (broad SMARTS) is 1. The molecule has 0 amide bonds. The molecule has 5 heteroatoms. The largest absolute Gasteiger partial charge is 0.476 e. The number of rotatable bonds is 2. The van der Waals surface area contributed by atoms with Gasteiger partial charge in [-0.25, -0.2) is 4.79 Å². The van der Waals surface area contributed by atoms with Gasteiger partial charge in [0.1, 0.15) is 5.76 Å². The smallest absolute Gasteiger partial charge is 0.358 e. The van der Waals surface area contributed by atoms with Crippen LogP contribution in [0.25, 0.3) is 0 Å². The van der Waals surface area contributed by atoms with E-state index < -0.39 is 5.97 Å². The maximum Gasteiger partial charge on any atom is 0.358 e. The summed E-state index contributed by atoms with van der Waals surface area (Å²) in [4.78, 5) is 13.2. The first kappa shape index (κ1) is 8.91. The molecule has 0 aromatic carbocycles.